The molecule has 234 valence electrons. The van der Waals surface area contributed by atoms with Crippen LogP contribution in [0.15, 0.2) is 30.5 Å². The van der Waals surface area contributed by atoms with E-state index in [0.717, 1.165) is 49.1 Å². The maximum atomic E-state index is 11.7. The Hall–Kier alpha value is -2.35. The molecular weight excluding hydrogens is 603 g/mol. The van der Waals surface area contributed by atoms with Gasteiger partial charge in [-0.15, -0.1) is 0 Å². The van der Waals surface area contributed by atoms with Crippen LogP contribution in [0.1, 0.15) is 90.2 Å². The third-order valence-electron chi connectivity index (χ3n) is 8.04. The van der Waals surface area contributed by atoms with Gasteiger partial charge < -0.3 is 5.11 Å². The summed E-state index contributed by atoms with van der Waals surface area (Å²) in [5.41, 5.74) is 3.93. The summed E-state index contributed by atoms with van der Waals surface area (Å²) in [6, 6.07) is 7.54. The first-order valence-electron chi connectivity index (χ1n) is 15.2. The second-order valence-corrected chi connectivity index (χ2v) is 13.0. The Kier molecular flexibility index (Phi) is 13.2. The molecule has 1 fully saturated rings. The van der Waals surface area contributed by atoms with E-state index in [-0.39, 0.29) is 17.8 Å². The van der Waals surface area contributed by atoms with Crippen molar-refractivity contribution in [2.24, 2.45) is 5.92 Å². The molecule has 8 nitrogen and oxygen atoms in total. The molecule has 0 bridgehead atoms. The summed E-state index contributed by atoms with van der Waals surface area (Å²) >= 11 is 12.6. The summed E-state index contributed by atoms with van der Waals surface area (Å²) in [4.78, 5) is 12.0. The Morgan fingerprint density at radius 1 is 1.23 bits per heavy atom. The second kappa shape index (κ2) is 16.1. The fourth-order valence-corrected chi connectivity index (χ4v) is 7.37. The van der Waals surface area contributed by atoms with Crippen LogP contribution >= 0.6 is 23.2 Å². The summed E-state index contributed by atoms with van der Waals surface area (Å²) < 4.78 is 13.4. The lowest BCUT2D eigenvalue weighted by atomic mass is 9.83. The van der Waals surface area contributed by atoms with Crippen LogP contribution < -0.4 is 0 Å². The highest BCUT2D eigenvalue weighted by Gasteiger charge is 2.38. The van der Waals surface area contributed by atoms with E-state index in [2.05, 4.69) is 34.1 Å². The molecule has 1 aliphatic carbocycles. The number of halogens is 2. The van der Waals surface area contributed by atoms with Crippen molar-refractivity contribution in [2.75, 3.05) is 18.6 Å². The minimum Gasteiger partial charge on any atom is -0.391 e. The highest BCUT2D eigenvalue weighted by atomic mass is 35.5. The molecule has 0 saturated carbocycles. The zero-order chi connectivity index (χ0) is 31.8. The van der Waals surface area contributed by atoms with Gasteiger partial charge in [0.25, 0.3) is 0 Å². The van der Waals surface area contributed by atoms with Crippen molar-refractivity contribution in [1.29, 1.82) is 5.26 Å². The molecule has 1 saturated heterocycles. The zero-order valence-electron chi connectivity index (χ0n) is 26.2. The molecule has 1 aliphatic heterocycles. The van der Waals surface area contributed by atoms with E-state index in [4.69, 9.17) is 28.2 Å². The van der Waals surface area contributed by atoms with Crippen LogP contribution in [0, 0.1) is 17.2 Å². The number of allylic oxidation sites excluding steroid dienone is 1. The van der Waals surface area contributed by atoms with Crippen molar-refractivity contribution < 1.29 is 9.32 Å². The largest absolute Gasteiger partial charge is 0.391 e. The highest BCUT2D eigenvalue weighted by Crippen LogP contribution is 2.37. The first-order valence-corrected chi connectivity index (χ1v) is 17.7. The maximum Gasteiger partial charge on any atom is 0.190 e. The van der Waals surface area contributed by atoms with Gasteiger partial charge in [0.05, 0.1) is 29.8 Å². The zero-order valence-corrected chi connectivity index (χ0v) is 28.5. The number of fused-ring (bicyclic) bond motifs is 1. The lowest BCUT2D eigenvalue weighted by Gasteiger charge is -2.40. The topological polar surface area (TPSA) is 108 Å². The van der Waals surface area contributed by atoms with Crippen molar-refractivity contribution >= 4 is 50.7 Å². The van der Waals surface area contributed by atoms with E-state index in [0.29, 0.717) is 38.9 Å². The smallest absolute Gasteiger partial charge is 0.190 e. The fraction of sp³-hybridized carbons (Fsp3) is 0.562. The minimum atomic E-state index is -1.03. The van der Waals surface area contributed by atoms with Crippen LogP contribution in [0.25, 0.3) is 16.7 Å². The Morgan fingerprint density at radius 2 is 1.95 bits per heavy atom. The maximum absolute atomic E-state index is 11.7. The van der Waals surface area contributed by atoms with Gasteiger partial charge in [-0.1, -0.05) is 70.0 Å². The van der Waals surface area contributed by atoms with Crippen molar-refractivity contribution in [3.8, 4) is 6.07 Å². The van der Waals surface area contributed by atoms with Gasteiger partial charge in [-0.25, -0.2) is 14.6 Å². The lowest BCUT2D eigenvalue weighted by Crippen LogP contribution is -2.49. The molecule has 0 spiro atoms. The average molecular weight is 648 g/mol. The Balaban J connectivity index is 0.00000121. The number of likely N-dealkylation sites (tertiary alicyclic amines) is 1. The Labute approximate surface area is 268 Å². The molecule has 3 aromatic rings. The van der Waals surface area contributed by atoms with Crippen LogP contribution in [0.3, 0.4) is 0 Å². The minimum absolute atomic E-state index is 0.0485. The van der Waals surface area contributed by atoms with Gasteiger partial charge in [0.1, 0.15) is 11.6 Å². The molecule has 3 heterocycles. The normalized spacial score (nSPS) is 22.3. The third-order valence-corrected chi connectivity index (χ3v) is 9.41. The summed E-state index contributed by atoms with van der Waals surface area (Å²) in [7, 11) is -1.03. The Bertz CT molecular complexity index is 1490. The quantitative estimate of drug-likeness (QED) is 0.293. The van der Waals surface area contributed by atoms with Gasteiger partial charge in [-0.2, -0.15) is 10.4 Å². The van der Waals surface area contributed by atoms with E-state index in [1.165, 1.54) is 0 Å². The molecule has 11 heteroatoms. The van der Waals surface area contributed by atoms with E-state index in [9.17, 15) is 14.6 Å². The Morgan fingerprint density at radius 3 is 2.58 bits per heavy atom. The average Bonchev–Trinajstić information content (AvgIpc) is 3.63. The number of nitriles is 1. The van der Waals surface area contributed by atoms with Gasteiger partial charge in [0.15, 0.2) is 11.3 Å². The summed E-state index contributed by atoms with van der Waals surface area (Å²) in [5.74, 6) is 0.658. The number of aromatic nitrogens is 4. The number of aliphatic hydroxyl groups excluding tert-OH is 1. The number of hydrogen-bond donors (Lipinski definition) is 1. The fourth-order valence-electron chi connectivity index (χ4n) is 6.11. The molecule has 2 aliphatic rings. The van der Waals surface area contributed by atoms with Gasteiger partial charge in [-0.05, 0) is 68.3 Å². The van der Waals surface area contributed by atoms with Gasteiger partial charge in [-0.3, -0.25) is 9.11 Å². The summed E-state index contributed by atoms with van der Waals surface area (Å²) in [6.07, 6.45) is 8.67. The lowest BCUT2D eigenvalue weighted by molar-refractivity contribution is 0.0467. The SMILES string of the molecule is CC.CC.C[C@@H]1CC(c2cnc3c(C#N)nn([C@H](C)c4ccc(Cl)cc4Cl)c3n2)=CC[C@@H]1N1CCCC1C(O)CS(C)=O. The molecule has 2 aromatic heterocycles. The second-order valence-electron chi connectivity index (χ2n) is 10.6. The van der Waals surface area contributed by atoms with Crippen LogP contribution in [0.4, 0.5) is 0 Å². The molecule has 5 rings (SSSR count). The van der Waals surface area contributed by atoms with Crippen molar-refractivity contribution in [2.45, 2.75) is 91.5 Å². The molecule has 0 radical (unpaired) electrons. The third kappa shape index (κ3) is 7.84. The van der Waals surface area contributed by atoms with Crippen LogP contribution in [0.2, 0.25) is 10.0 Å². The predicted octanol–water partition coefficient (Wildman–Crippen LogP) is 7.05. The monoisotopic (exact) mass is 646 g/mol. The van der Waals surface area contributed by atoms with E-state index >= 15 is 0 Å². The van der Waals surface area contributed by atoms with E-state index < -0.39 is 16.9 Å². The van der Waals surface area contributed by atoms with Gasteiger partial charge in [0.2, 0.25) is 0 Å². The van der Waals surface area contributed by atoms with Crippen molar-refractivity contribution in [1.82, 2.24) is 24.6 Å². The summed E-state index contributed by atoms with van der Waals surface area (Å²) in [6.45, 7) is 13.1. The number of rotatable bonds is 7. The van der Waals surface area contributed by atoms with E-state index in [1.807, 2.05) is 40.7 Å². The van der Waals surface area contributed by atoms with Crippen molar-refractivity contribution in [3.05, 3.63) is 57.5 Å². The van der Waals surface area contributed by atoms with E-state index in [1.54, 1.807) is 29.3 Å². The standard InChI is InChI=1S/C28H32Cl2N6O2S.2C2H6/c1-16-11-18(6-9-24(16)35-10-4-5-25(35)26(37)15-39(3)38)23-14-32-27-22(13-31)34-36(28(27)33-23)17(2)20-8-7-19(29)12-21(20)30;2*1-2/h6-8,12,14,16-17,24-26,37H,4-5,9-11,15H2,1-3H3;2*1-2H3/t16-,17-,24+,25?,26?,39?;;/m1../s1. The first-order chi connectivity index (χ1) is 20.7. The number of benzene rings is 1. The molecular formula is C32H44Cl2N6O2S. The molecule has 0 amide bonds. The van der Waals surface area contributed by atoms with Gasteiger partial charge in [0, 0.05) is 39.2 Å². The summed E-state index contributed by atoms with van der Waals surface area (Å²) in [5, 5.41) is 26.0. The number of hydrogen-bond acceptors (Lipinski definition) is 7. The molecule has 1 N–H and O–H groups in total. The van der Waals surface area contributed by atoms with Crippen LogP contribution in [-0.2, 0) is 10.8 Å². The van der Waals surface area contributed by atoms with Crippen LogP contribution in [-0.4, -0.2) is 70.7 Å². The molecule has 3 unspecified atom stereocenters. The predicted molar refractivity (Wildman–Crippen MR) is 178 cm³/mol. The van der Waals surface area contributed by atoms with Crippen LogP contribution in [0.5, 0.6) is 0 Å². The number of nitrogens with zero attached hydrogens (tertiary/aromatic N) is 6. The highest BCUT2D eigenvalue weighted by molar-refractivity contribution is 7.84. The molecule has 43 heavy (non-hydrogen) atoms. The van der Waals surface area contributed by atoms with Gasteiger partial charge >= 0.3 is 0 Å². The molecule has 6 atom stereocenters. The molecule has 1 aromatic carbocycles. The first kappa shape index (κ1) is 35.1. The van der Waals surface area contributed by atoms with Crippen molar-refractivity contribution in [3.63, 3.8) is 0 Å². The number of aliphatic hydroxyl groups is 1.